The highest BCUT2D eigenvalue weighted by Crippen LogP contribution is 2.33. The zero-order valence-corrected chi connectivity index (χ0v) is 11.8. The van der Waals surface area contributed by atoms with E-state index in [1.54, 1.807) is 9.80 Å². The summed E-state index contributed by atoms with van der Waals surface area (Å²) in [6.07, 6.45) is 2.13. The second-order valence-corrected chi connectivity index (χ2v) is 6.63. The second-order valence-electron chi connectivity index (χ2n) is 5.03. The van der Waals surface area contributed by atoms with Gasteiger partial charge in [-0.05, 0) is 26.7 Å². The third-order valence-corrected chi connectivity index (χ3v) is 4.38. The van der Waals surface area contributed by atoms with Gasteiger partial charge in [0.05, 0.1) is 18.4 Å². The number of carbonyl (C=O) groups is 1. The van der Waals surface area contributed by atoms with Crippen LogP contribution in [0, 0.1) is 0 Å². The first-order valence-electron chi connectivity index (χ1n) is 6.29. The highest BCUT2D eigenvalue weighted by Gasteiger charge is 2.46. The van der Waals surface area contributed by atoms with Gasteiger partial charge in [0.1, 0.15) is 0 Å². The SMILES string of the molecule is CCN1CC[C@@H]2C[C@@H](OS(C)(=O)=O)[C@@H](C)N2C1=O. The fourth-order valence-corrected chi connectivity index (χ4v) is 3.57. The van der Waals surface area contributed by atoms with Crippen molar-refractivity contribution >= 4 is 16.1 Å². The third kappa shape index (κ3) is 2.47. The standard InChI is InChI=1S/C11H20N2O4S/c1-4-12-6-5-9-7-10(17-18(3,15)16)8(2)13(9)11(12)14/h8-10H,4-7H2,1-3H3/t8-,9-,10-/m1/s1. The topological polar surface area (TPSA) is 66.9 Å². The lowest BCUT2D eigenvalue weighted by Gasteiger charge is -2.39. The van der Waals surface area contributed by atoms with Crippen LogP contribution >= 0.6 is 0 Å². The molecule has 0 aliphatic carbocycles. The maximum Gasteiger partial charge on any atom is 0.320 e. The van der Waals surface area contributed by atoms with Crippen LogP contribution in [0.15, 0.2) is 0 Å². The number of hydrogen-bond donors (Lipinski definition) is 0. The average Bonchev–Trinajstić information content (AvgIpc) is 2.55. The Morgan fingerprint density at radius 3 is 2.67 bits per heavy atom. The summed E-state index contributed by atoms with van der Waals surface area (Å²) >= 11 is 0. The van der Waals surface area contributed by atoms with Crippen molar-refractivity contribution < 1.29 is 17.4 Å². The fraction of sp³-hybridized carbons (Fsp3) is 0.909. The zero-order valence-electron chi connectivity index (χ0n) is 11.0. The van der Waals surface area contributed by atoms with Crippen molar-refractivity contribution in [3.8, 4) is 0 Å². The van der Waals surface area contributed by atoms with Crippen molar-refractivity contribution in [3.05, 3.63) is 0 Å². The van der Waals surface area contributed by atoms with Gasteiger partial charge in [-0.1, -0.05) is 0 Å². The molecule has 2 rings (SSSR count). The summed E-state index contributed by atoms with van der Waals surface area (Å²) in [7, 11) is -3.47. The molecule has 104 valence electrons. The van der Waals surface area contributed by atoms with Gasteiger partial charge in [-0.3, -0.25) is 4.18 Å². The molecule has 0 saturated carbocycles. The predicted molar refractivity (Wildman–Crippen MR) is 66.7 cm³/mol. The first kappa shape index (κ1) is 13.6. The summed E-state index contributed by atoms with van der Waals surface area (Å²) in [5.74, 6) is 0. The number of rotatable bonds is 3. The number of carbonyl (C=O) groups excluding carboxylic acids is 1. The van der Waals surface area contributed by atoms with E-state index in [4.69, 9.17) is 4.18 Å². The minimum atomic E-state index is -3.47. The molecule has 2 heterocycles. The van der Waals surface area contributed by atoms with Gasteiger partial charge in [-0.25, -0.2) is 4.79 Å². The summed E-state index contributed by atoms with van der Waals surface area (Å²) in [5, 5.41) is 0. The van der Waals surface area contributed by atoms with Crippen molar-refractivity contribution in [2.24, 2.45) is 0 Å². The molecule has 2 aliphatic heterocycles. The lowest BCUT2D eigenvalue weighted by atomic mass is 10.1. The van der Waals surface area contributed by atoms with Gasteiger partial charge in [0.2, 0.25) is 0 Å². The molecular weight excluding hydrogens is 256 g/mol. The molecule has 18 heavy (non-hydrogen) atoms. The van der Waals surface area contributed by atoms with Crippen LogP contribution in [0.5, 0.6) is 0 Å². The van der Waals surface area contributed by atoms with Gasteiger partial charge >= 0.3 is 6.03 Å². The smallest absolute Gasteiger partial charge is 0.320 e. The predicted octanol–water partition coefficient (Wildman–Crippen LogP) is 0.640. The minimum absolute atomic E-state index is 0.000788. The quantitative estimate of drug-likeness (QED) is 0.709. The Morgan fingerprint density at radius 2 is 2.11 bits per heavy atom. The molecule has 2 fully saturated rings. The highest BCUT2D eigenvalue weighted by molar-refractivity contribution is 7.86. The molecule has 0 aromatic carbocycles. The maximum atomic E-state index is 12.2. The minimum Gasteiger partial charge on any atom is -0.325 e. The van der Waals surface area contributed by atoms with Crippen LogP contribution in [0.25, 0.3) is 0 Å². The summed E-state index contributed by atoms with van der Waals surface area (Å²) in [6, 6.07) is -0.0746. The normalized spacial score (nSPS) is 32.8. The Labute approximate surface area is 108 Å². The van der Waals surface area contributed by atoms with Gasteiger partial charge in [0.15, 0.2) is 0 Å². The molecule has 2 aliphatic rings. The summed E-state index contributed by atoms with van der Waals surface area (Å²) in [4.78, 5) is 15.8. The molecule has 0 N–H and O–H groups in total. The molecule has 2 amide bonds. The van der Waals surface area contributed by atoms with Gasteiger partial charge in [0.25, 0.3) is 10.1 Å². The van der Waals surface area contributed by atoms with Gasteiger partial charge in [-0.15, -0.1) is 0 Å². The van der Waals surface area contributed by atoms with Crippen molar-refractivity contribution in [3.63, 3.8) is 0 Å². The van der Waals surface area contributed by atoms with Crippen molar-refractivity contribution in [2.75, 3.05) is 19.3 Å². The third-order valence-electron chi connectivity index (χ3n) is 3.78. The summed E-state index contributed by atoms with van der Waals surface area (Å²) in [5.41, 5.74) is 0. The lowest BCUT2D eigenvalue weighted by Crippen LogP contribution is -2.54. The van der Waals surface area contributed by atoms with Crippen molar-refractivity contribution in [2.45, 2.75) is 44.9 Å². The first-order chi connectivity index (χ1) is 8.33. The van der Waals surface area contributed by atoms with Crippen LogP contribution in [-0.4, -0.2) is 61.8 Å². The molecule has 6 nitrogen and oxygen atoms in total. The molecule has 0 aromatic heterocycles. The number of urea groups is 1. The molecule has 0 spiro atoms. The first-order valence-corrected chi connectivity index (χ1v) is 8.10. The van der Waals surface area contributed by atoms with Crippen LogP contribution < -0.4 is 0 Å². The van der Waals surface area contributed by atoms with E-state index in [-0.39, 0.29) is 18.1 Å². The zero-order chi connectivity index (χ0) is 13.5. The fourth-order valence-electron chi connectivity index (χ4n) is 2.88. The molecule has 7 heteroatoms. The molecular formula is C11H20N2O4S. The molecule has 3 atom stereocenters. The molecule has 2 saturated heterocycles. The Hall–Kier alpha value is -0.820. The number of nitrogens with zero attached hydrogens (tertiary/aromatic N) is 2. The molecule has 0 radical (unpaired) electrons. The lowest BCUT2D eigenvalue weighted by molar-refractivity contribution is 0.0953. The second kappa shape index (κ2) is 4.70. The van der Waals surface area contributed by atoms with E-state index in [0.29, 0.717) is 13.0 Å². The van der Waals surface area contributed by atoms with Crippen LogP contribution in [-0.2, 0) is 14.3 Å². The monoisotopic (exact) mass is 276 g/mol. The van der Waals surface area contributed by atoms with Crippen molar-refractivity contribution in [1.29, 1.82) is 0 Å². The van der Waals surface area contributed by atoms with Gasteiger partial charge in [0, 0.05) is 19.1 Å². The van der Waals surface area contributed by atoms with E-state index in [1.807, 2.05) is 13.8 Å². The van der Waals surface area contributed by atoms with Crippen molar-refractivity contribution in [1.82, 2.24) is 9.80 Å². The van der Waals surface area contributed by atoms with E-state index in [1.165, 1.54) is 0 Å². The largest absolute Gasteiger partial charge is 0.325 e. The summed E-state index contributed by atoms with van der Waals surface area (Å²) in [6.45, 7) is 5.23. The Balaban J connectivity index is 2.13. The van der Waals surface area contributed by atoms with E-state index < -0.39 is 16.2 Å². The van der Waals surface area contributed by atoms with E-state index in [2.05, 4.69) is 0 Å². The maximum absolute atomic E-state index is 12.2. The number of hydrogen-bond acceptors (Lipinski definition) is 4. The van der Waals surface area contributed by atoms with Crippen LogP contribution in [0.1, 0.15) is 26.7 Å². The van der Waals surface area contributed by atoms with Gasteiger partial charge < -0.3 is 9.80 Å². The van der Waals surface area contributed by atoms with Crippen LogP contribution in [0.3, 0.4) is 0 Å². The van der Waals surface area contributed by atoms with E-state index in [0.717, 1.165) is 19.2 Å². The van der Waals surface area contributed by atoms with E-state index in [9.17, 15) is 13.2 Å². The Bertz CT molecular complexity index is 436. The average molecular weight is 276 g/mol. The Morgan fingerprint density at radius 1 is 1.44 bits per heavy atom. The number of fused-ring (bicyclic) bond motifs is 1. The highest BCUT2D eigenvalue weighted by atomic mass is 32.2. The number of amides is 2. The molecule has 0 aromatic rings. The van der Waals surface area contributed by atoms with E-state index >= 15 is 0 Å². The Kier molecular flexibility index (Phi) is 3.55. The van der Waals surface area contributed by atoms with Crippen LogP contribution in [0.2, 0.25) is 0 Å². The molecule has 0 bridgehead atoms. The van der Waals surface area contributed by atoms with Gasteiger partial charge in [-0.2, -0.15) is 8.42 Å². The van der Waals surface area contributed by atoms with Crippen LogP contribution in [0.4, 0.5) is 4.79 Å². The molecule has 0 unspecified atom stereocenters. The summed E-state index contributed by atoms with van der Waals surface area (Å²) < 4.78 is 27.5.